The maximum atomic E-state index is 12.8. The number of thiazole rings is 1. The van der Waals surface area contributed by atoms with Crippen molar-refractivity contribution in [3.63, 3.8) is 0 Å². The number of hydrogen-bond acceptors (Lipinski definition) is 5. The number of aryl methyl sites for hydroxylation is 1. The Morgan fingerprint density at radius 2 is 1.96 bits per heavy atom. The number of sulfonamides is 1. The Kier molecular flexibility index (Phi) is 5.26. The van der Waals surface area contributed by atoms with Crippen LogP contribution in [0.2, 0.25) is 0 Å². The van der Waals surface area contributed by atoms with E-state index in [2.05, 4.69) is 26.2 Å². The Labute approximate surface area is 175 Å². The van der Waals surface area contributed by atoms with Crippen LogP contribution in [0.5, 0.6) is 0 Å². The molecule has 1 aliphatic heterocycles. The summed E-state index contributed by atoms with van der Waals surface area (Å²) in [4.78, 5) is 17.4. The molecule has 2 heterocycles. The summed E-state index contributed by atoms with van der Waals surface area (Å²) < 4.78 is 28.6. The lowest BCUT2D eigenvalue weighted by atomic mass is 10.2. The first-order chi connectivity index (χ1) is 13.4. The third-order valence-corrected chi connectivity index (χ3v) is 8.25. The predicted octanol–water partition coefficient (Wildman–Crippen LogP) is 4.40. The van der Waals surface area contributed by atoms with Gasteiger partial charge in [-0.15, -0.1) is 0 Å². The summed E-state index contributed by atoms with van der Waals surface area (Å²) in [6.07, 6.45) is 1.72. The fourth-order valence-corrected chi connectivity index (χ4v) is 6.13. The molecule has 3 aromatic rings. The molecule has 0 radical (unpaired) electrons. The number of para-hydroxylation sites is 1. The van der Waals surface area contributed by atoms with Crippen LogP contribution in [-0.2, 0) is 10.0 Å². The van der Waals surface area contributed by atoms with Crippen molar-refractivity contribution in [3.05, 3.63) is 52.0 Å². The first-order valence-corrected chi connectivity index (χ1v) is 11.9. The third kappa shape index (κ3) is 3.59. The minimum absolute atomic E-state index is 0.128. The molecule has 0 saturated carbocycles. The summed E-state index contributed by atoms with van der Waals surface area (Å²) in [7, 11) is -3.59. The fourth-order valence-electron chi connectivity index (χ4n) is 3.22. The molecule has 9 heteroatoms. The minimum Gasteiger partial charge on any atom is -0.298 e. The van der Waals surface area contributed by atoms with Gasteiger partial charge in [-0.05, 0) is 65.5 Å². The van der Waals surface area contributed by atoms with Crippen LogP contribution >= 0.6 is 27.3 Å². The Morgan fingerprint density at radius 1 is 1.21 bits per heavy atom. The number of benzene rings is 2. The number of carbonyl (C=O) groups excluding carboxylic acids is 1. The molecule has 1 saturated heterocycles. The SMILES string of the molecule is Cc1cccc2sc(NC(=O)c3cc(S(=O)(=O)N4CCCC4)ccc3Br)nc12. The van der Waals surface area contributed by atoms with Crippen molar-refractivity contribution in [2.75, 3.05) is 18.4 Å². The number of nitrogens with zero attached hydrogens (tertiary/aromatic N) is 2. The van der Waals surface area contributed by atoms with E-state index in [4.69, 9.17) is 0 Å². The molecule has 0 bridgehead atoms. The van der Waals surface area contributed by atoms with Gasteiger partial charge in [0.05, 0.1) is 20.7 Å². The van der Waals surface area contributed by atoms with Crippen molar-refractivity contribution in [1.29, 1.82) is 0 Å². The van der Waals surface area contributed by atoms with Crippen LogP contribution < -0.4 is 5.32 Å². The average Bonchev–Trinajstić information content (AvgIpc) is 3.32. The highest BCUT2D eigenvalue weighted by molar-refractivity contribution is 9.10. The molecule has 28 heavy (non-hydrogen) atoms. The first kappa shape index (κ1) is 19.5. The number of rotatable bonds is 4. The number of fused-ring (bicyclic) bond motifs is 1. The van der Waals surface area contributed by atoms with E-state index in [9.17, 15) is 13.2 Å². The van der Waals surface area contributed by atoms with Gasteiger partial charge in [0.25, 0.3) is 5.91 Å². The summed E-state index contributed by atoms with van der Waals surface area (Å²) >= 11 is 4.74. The minimum atomic E-state index is -3.59. The maximum Gasteiger partial charge on any atom is 0.258 e. The number of halogens is 1. The molecule has 0 atom stereocenters. The number of nitrogens with one attached hydrogen (secondary N) is 1. The summed E-state index contributed by atoms with van der Waals surface area (Å²) in [5, 5.41) is 3.27. The van der Waals surface area contributed by atoms with Crippen LogP contribution in [0.4, 0.5) is 5.13 Å². The van der Waals surface area contributed by atoms with Crippen molar-refractivity contribution in [2.24, 2.45) is 0 Å². The molecule has 1 aliphatic rings. The van der Waals surface area contributed by atoms with Crippen LogP contribution in [0.3, 0.4) is 0 Å². The number of anilines is 1. The Morgan fingerprint density at radius 3 is 2.68 bits per heavy atom. The predicted molar refractivity (Wildman–Crippen MR) is 114 cm³/mol. The molecule has 1 amide bonds. The van der Waals surface area contributed by atoms with Crippen LogP contribution in [0.25, 0.3) is 10.2 Å². The summed E-state index contributed by atoms with van der Waals surface area (Å²) in [6, 6.07) is 10.4. The van der Waals surface area contributed by atoms with E-state index in [1.54, 1.807) is 6.07 Å². The topological polar surface area (TPSA) is 79.4 Å². The van der Waals surface area contributed by atoms with Crippen LogP contribution in [0.15, 0.2) is 45.8 Å². The lowest BCUT2D eigenvalue weighted by molar-refractivity contribution is 0.102. The number of aromatic nitrogens is 1. The van der Waals surface area contributed by atoms with E-state index in [-0.39, 0.29) is 10.5 Å². The van der Waals surface area contributed by atoms with Gasteiger partial charge >= 0.3 is 0 Å². The van der Waals surface area contributed by atoms with Gasteiger partial charge in [-0.25, -0.2) is 13.4 Å². The first-order valence-electron chi connectivity index (χ1n) is 8.83. The Balaban J connectivity index is 1.64. The number of carbonyl (C=O) groups is 1. The summed E-state index contributed by atoms with van der Waals surface area (Å²) in [5.41, 5.74) is 2.15. The van der Waals surface area contributed by atoms with E-state index in [1.165, 1.54) is 27.8 Å². The van der Waals surface area contributed by atoms with Gasteiger partial charge in [0.15, 0.2) is 5.13 Å². The molecular formula is C19H18BrN3O3S2. The average molecular weight is 480 g/mol. The van der Waals surface area contributed by atoms with Crippen molar-refractivity contribution in [2.45, 2.75) is 24.7 Å². The highest BCUT2D eigenvalue weighted by Crippen LogP contribution is 2.30. The zero-order valence-electron chi connectivity index (χ0n) is 15.1. The van der Waals surface area contributed by atoms with E-state index >= 15 is 0 Å². The van der Waals surface area contributed by atoms with Crippen LogP contribution in [0, 0.1) is 6.92 Å². The van der Waals surface area contributed by atoms with Gasteiger partial charge < -0.3 is 0 Å². The highest BCUT2D eigenvalue weighted by Gasteiger charge is 2.28. The molecule has 1 N–H and O–H groups in total. The van der Waals surface area contributed by atoms with Crippen LogP contribution in [-0.4, -0.2) is 36.7 Å². The zero-order valence-corrected chi connectivity index (χ0v) is 18.3. The van der Waals surface area contributed by atoms with E-state index < -0.39 is 15.9 Å². The number of hydrogen-bond donors (Lipinski definition) is 1. The quantitative estimate of drug-likeness (QED) is 0.600. The van der Waals surface area contributed by atoms with Gasteiger partial charge in [0, 0.05) is 17.6 Å². The van der Waals surface area contributed by atoms with Crippen molar-refractivity contribution in [1.82, 2.24) is 9.29 Å². The molecule has 4 rings (SSSR count). The van der Waals surface area contributed by atoms with Crippen molar-refractivity contribution < 1.29 is 13.2 Å². The van der Waals surface area contributed by atoms with Gasteiger partial charge in [-0.1, -0.05) is 23.5 Å². The molecule has 0 unspecified atom stereocenters. The monoisotopic (exact) mass is 479 g/mol. The van der Waals surface area contributed by atoms with Gasteiger partial charge in [-0.2, -0.15) is 4.31 Å². The van der Waals surface area contributed by atoms with Gasteiger partial charge in [0.2, 0.25) is 10.0 Å². The molecule has 1 aromatic heterocycles. The summed E-state index contributed by atoms with van der Waals surface area (Å²) in [6.45, 7) is 3.01. The maximum absolute atomic E-state index is 12.8. The standard InChI is InChI=1S/C19H18BrN3O3S2/c1-12-5-4-6-16-17(12)21-19(27-16)22-18(24)14-11-13(7-8-15(14)20)28(25,26)23-9-2-3-10-23/h4-8,11H,2-3,9-10H2,1H3,(H,21,22,24). The molecule has 0 spiro atoms. The number of amides is 1. The lowest BCUT2D eigenvalue weighted by Crippen LogP contribution is -2.28. The van der Waals surface area contributed by atoms with E-state index in [0.717, 1.165) is 28.6 Å². The Hall–Kier alpha value is -1.81. The van der Waals surface area contributed by atoms with Crippen LogP contribution in [0.1, 0.15) is 28.8 Å². The van der Waals surface area contributed by atoms with Gasteiger partial charge in [-0.3, -0.25) is 10.1 Å². The van der Waals surface area contributed by atoms with Crippen molar-refractivity contribution in [3.8, 4) is 0 Å². The largest absolute Gasteiger partial charge is 0.298 e. The smallest absolute Gasteiger partial charge is 0.258 e. The summed E-state index contributed by atoms with van der Waals surface area (Å²) in [5.74, 6) is -0.401. The van der Waals surface area contributed by atoms with Gasteiger partial charge in [0.1, 0.15) is 0 Å². The molecule has 1 fully saturated rings. The fraction of sp³-hybridized carbons (Fsp3) is 0.263. The Bertz CT molecular complexity index is 1170. The molecule has 146 valence electrons. The zero-order chi connectivity index (χ0) is 19.9. The normalized spacial score (nSPS) is 15.2. The second-order valence-electron chi connectivity index (χ2n) is 6.65. The second kappa shape index (κ2) is 7.55. The van der Waals surface area contributed by atoms with E-state index in [1.807, 2.05) is 25.1 Å². The molecule has 2 aromatic carbocycles. The second-order valence-corrected chi connectivity index (χ2v) is 10.5. The highest BCUT2D eigenvalue weighted by atomic mass is 79.9. The molecule has 0 aliphatic carbocycles. The van der Waals surface area contributed by atoms with Crippen molar-refractivity contribution >= 4 is 58.5 Å². The molecule has 6 nitrogen and oxygen atoms in total. The molecular weight excluding hydrogens is 462 g/mol. The van der Waals surface area contributed by atoms with E-state index in [0.29, 0.717) is 22.7 Å². The third-order valence-electron chi connectivity index (χ3n) is 4.73. The lowest BCUT2D eigenvalue weighted by Gasteiger charge is -2.16.